The first-order chi connectivity index (χ1) is 11.3. The molecule has 0 aromatic heterocycles. The van der Waals surface area contributed by atoms with Crippen molar-refractivity contribution in [2.24, 2.45) is 0 Å². The van der Waals surface area contributed by atoms with E-state index < -0.39 is 34.6 Å². The van der Waals surface area contributed by atoms with Gasteiger partial charge in [0.15, 0.2) is 0 Å². The number of rotatable bonds is 2. The summed E-state index contributed by atoms with van der Waals surface area (Å²) in [5, 5.41) is 2.68. The molecule has 0 aliphatic carbocycles. The van der Waals surface area contributed by atoms with Crippen molar-refractivity contribution in [3.05, 3.63) is 28.8 Å². The zero-order chi connectivity index (χ0) is 17.5. The summed E-state index contributed by atoms with van der Waals surface area (Å²) in [5.41, 5.74) is -1.16. The molecule has 9 heteroatoms. The number of hydrogen-bond donors (Lipinski definition) is 1. The molecule has 2 aliphatic rings. The van der Waals surface area contributed by atoms with Crippen LogP contribution in [0.3, 0.4) is 0 Å². The Kier molecular flexibility index (Phi) is 4.54. The zero-order valence-electron chi connectivity index (χ0n) is 12.6. The van der Waals surface area contributed by atoms with E-state index in [4.69, 9.17) is 11.6 Å². The van der Waals surface area contributed by atoms with Gasteiger partial charge in [-0.2, -0.15) is 13.2 Å². The molecule has 0 bridgehead atoms. The van der Waals surface area contributed by atoms with Gasteiger partial charge in [-0.1, -0.05) is 11.6 Å². The summed E-state index contributed by atoms with van der Waals surface area (Å²) in [7, 11) is 0. The summed E-state index contributed by atoms with van der Waals surface area (Å²) < 4.78 is 39.0. The largest absolute Gasteiger partial charge is 0.417 e. The van der Waals surface area contributed by atoms with Crippen LogP contribution in [0.1, 0.15) is 12.0 Å². The number of carbonyl (C=O) groups is 2. The Morgan fingerprint density at radius 3 is 2.46 bits per heavy atom. The lowest BCUT2D eigenvalue weighted by molar-refractivity contribution is -0.137. The van der Waals surface area contributed by atoms with Crippen molar-refractivity contribution in [3.8, 4) is 0 Å². The average molecular weight is 362 g/mol. The van der Waals surface area contributed by atoms with Gasteiger partial charge in [-0.05, 0) is 18.2 Å². The summed E-state index contributed by atoms with van der Waals surface area (Å²) in [5.74, 6) is -0.990. The number of piperazine rings is 1. The van der Waals surface area contributed by atoms with Gasteiger partial charge in [0.2, 0.25) is 5.91 Å². The lowest BCUT2D eigenvalue weighted by atomic mass is 10.1. The Hall–Kier alpha value is -1.64. The second-order valence-corrected chi connectivity index (χ2v) is 6.14. The van der Waals surface area contributed by atoms with Crippen molar-refractivity contribution in [1.29, 1.82) is 0 Å². The van der Waals surface area contributed by atoms with Crippen LogP contribution in [0.25, 0.3) is 0 Å². The minimum Gasteiger partial charge on any atom is -0.314 e. The topological polar surface area (TPSA) is 52.7 Å². The van der Waals surface area contributed by atoms with Crippen LogP contribution in [0.5, 0.6) is 0 Å². The first kappa shape index (κ1) is 17.2. The van der Waals surface area contributed by atoms with Crippen molar-refractivity contribution < 1.29 is 22.8 Å². The minimum absolute atomic E-state index is 0.0250. The highest BCUT2D eigenvalue weighted by molar-refractivity contribution is 6.31. The number of amides is 2. The maximum atomic E-state index is 13.0. The summed E-state index contributed by atoms with van der Waals surface area (Å²) in [6, 6.07) is 2.44. The zero-order valence-corrected chi connectivity index (χ0v) is 13.3. The summed E-state index contributed by atoms with van der Waals surface area (Å²) in [6.45, 7) is 2.65. The van der Waals surface area contributed by atoms with Gasteiger partial charge in [-0.25, -0.2) is 4.90 Å². The van der Waals surface area contributed by atoms with E-state index in [9.17, 15) is 22.8 Å². The average Bonchev–Trinajstić information content (AvgIpc) is 2.83. The predicted octanol–water partition coefficient (Wildman–Crippen LogP) is 1.90. The summed E-state index contributed by atoms with van der Waals surface area (Å²) >= 11 is 5.59. The fraction of sp³-hybridized carbons (Fsp3) is 0.467. The monoisotopic (exact) mass is 361 g/mol. The number of carbonyl (C=O) groups excluding carboxylic acids is 2. The van der Waals surface area contributed by atoms with Gasteiger partial charge in [0, 0.05) is 26.2 Å². The Bertz CT molecular complexity index is 674. The predicted molar refractivity (Wildman–Crippen MR) is 81.8 cm³/mol. The molecule has 1 N–H and O–H groups in total. The molecule has 5 nitrogen and oxygen atoms in total. The molecule has 0 saturated carbocycles. The van der Waals surface area contributed by atoms with Crippen molar-refractivity contribution in [3.63, 3.8) is 0 Å². The number of benzene rings is 1. The Morgan fingerprint density at radius 2 is 1.83 bits per heavy atom. The maximum Gasteiger partial charge on any atom is 0.417 e. The van der Waals surface area contributed by atoms with Crippen molar-refractivity contribution >= 4 is 29.1 Å². The van der Waals surface area contributed by atoms with Crippen molar-refractivity contribution in [1.82, 2.24) is 10.2 Å². The van der Waals surface area contributed by atoms with E-state index in [1.54, 1.807) is 0 Å². The Balaban J connectivity index is 1.89. The molecule has 24 heavy (non-hydrogen) atoms. The SMILES string of the molecule is O=C1CC(N2CCNCC2)C(=O)N1c1ccc(Cl)c(C(F)(F)F)c1. The molecule has 1 unspecified atom stereocenters. The lowest BCUT2D eigenvalue weighted by Gasteiger charge is -2.31. The van der Waals surface area contributed by atoms with Crippen LogP contribution in [0.15, 0.2) is 18.2 Å². The quantitative estimate of drug-likeness (QED) is 0.817. The fourth-order valence-electron chi connectivity index (χ4n) is 3.04. The van der Waals surface area contributed by atoms with E-state index in [-0.39, 0.29) is 12.1 Å². The van der Waals surface area contributed by atoms with Gasteiger partial charge in [-0.15, -0.1) is 0 Å². The molecule has 2 amide bonds. The van der Waals surface area contributed by atoms with Crippen molar-refractivity contribution in [2.45, 2.75) is 18.6 Å². The third-order valence-corrected chi connectivity index (χ3v) is 4.56. The lowest BCUT2D eigenvalue weighted by Crippen LogP contribution is -2.51. The smallest absolute Gasteiger partial charge is 0.314 e. The molecule has 1 aromatic rings. The highest BCUT2D eigenvalue weighted by atomic mass is 35.5. The molecule has 130 valence electrons. The number of nitrogens with one attached hydrogen (secondary N) is 1. The minimum atomic E-state index is -4.66. The number of nitrogens with zero attached hydrogens (tertiary/aromatic N) is 2. The van der Waals surface area contributed by atoms with Gasteiger partial charge in [0.05, 0.1) is 28.7 Å². The van der Waals surface area contributed by atoms with Crippen LogP contribution in [0, 0.1) is 0 Å². The molecular weight excluding hydrogens is 347 g/mol. The van der Waals surface area contributed by atoms with Gasteiger partial charge < -0.3 is 5.32 Å². The van der Waals surface area contributed by atoms with Crippen LogP contribution in [0.4, 0.5) is 18.9 Å². The van der Waals surface area contributed by atoms with Crippen LogP contribution in [-0.2, 0) is 15.8 Å². The van der Waals surface area contributed by atoms with Crippen LogP contribution in [0.2, 0.25) is 5.02 Å². The van der Waals surface area contributed by atoms with E-state index in [0.29, 0.717) is 26.2 Å². The summed E-state index contributed by atoms with van der Waals surface area (Å²) in [6.07, 6.45) is -4.68. The first-order valence-electron chi connectivity index (χ1n) is 7.47. The number of anilines is 1. The number of halogens is 4. The summed E-state index contributed by atoms with van der Waals surface area (Å²) in [4.78, 5) is 27.5. The van der Waals surface area contributed by atoms with Gasteiger partial charge in [0.25, 0.3) is 5.91 Å². The van der Waals surface area contributed by atoms with Crippen LogP contribution in [-0.4, -0.2) is 48.9 Å². The third kappa shape index (κ3) is 3.13. The maximum absolute atomic E-state index is 13.0. The molecule has 2 saturated heterocycles. The van der Waals surface area contributed by atoms with Gasteiger partial charge in [-0.3, -0.25) is 14.5 Å². The molecule has 0 spiro atoms. The molecule has 2 fully saturated rings. The van der Waals surface area contributed by atoms with E-state index in [1.807, 2.05) is 4.90 Å². The normalized spacial score (nSPS) is 23.2. The number of hydrogen-bond acceptors (Lipinski definition) is 4. The van der Waals surface area contributed by atoms with Crippen LogP contribution < -0.4 is 10.2 Å². The molecule has 2 aliphatic heterocycles. The van der Waals surface area contributed by atoms with Crippen LogP contribution >= 0.6 is 11.6 Å². The van der Waals surface area contributed by atoms with Gasteiger partial charge in [0.1, 0.15) is 0 Å². The van der Waals surface area contributed by atoms with E-state index in [1.165, 1.54) is 6.07 Å². The second kappa shape index (κ2) is 6.34. The third-order valence-electron chi connectivity index (χ3n) is 4.23. The van der Waals surface area contributed by atoms with Crippen molar-refractivity contribution in [2.75, 3.05) is 31.1 Å². The molecular formula is C15H15ClF3N3O2. The standard InChI is InChI=1S/C15H15ClF3N3O2/c16-11-2-1-9(7-10(11)15(17,18)19)22-13(23)8-12(14(22)24)21-5-3-20-4-6-21/h1-2,7,12,20H,3-6,8H2. The van der Waals surface area contributed by atoms with E-state index >= 15 is 0 Å². The van der Waals surface area contributed by atoms with E-state index in [2.05, 4.69) is 5.32 Å². The molecule has 3 rings (SSSR count). The highest BCUT2D eigenvalue weighted by Gasteiger charge is 2.43. The molecule has 1 aromatic carbocycles. The molecule has 1 atom stereocenters. The number of imide groups is 1. The van der Waals surface area contributed by atoms with E-state index in [0.717, 1.165) is 17.0 Å². The Morgan fingerprint density at radius 1 is 1.17 bits per heavy atom. The second-order valence-electron chi connectivity index (χ2n) is 5.74. The fourth-order valence-corrected chi connectivity index (χ4v) is 3.26. The first-order valence-corrected chi connectivity index (χ1v) is 7.85. The highest BCUT2D eigenvalue weighted by Crippen LogP contribution is 2.38. The van der Waals surface area contributed by atoms with Gasteiger partial charge >= 0.3 is 6.18 Å². The molecule has 0 radical (unpaired) electrons. The molecule has 2 heterocycles. The Labute approximate surface area is 141 Å². The number of alkyl halides is 3.